The highest BCUT2D eigenvalue weighted by Gasteiger charge is 2.26. The van der Waals surface area contributed by atoms with Crippen LogP contribution in [-0.4, -0.2) is 4.89 Å². The summed E-state index contributed by atoms with van der Waals surface area (Å²) in [5.74, 6) is 0.479. The summed E-state index contributed by atoms with van der Waals surface area (Å²) in [5.41, 5.74) is 2.11. The van der Waals surface area contributed by atoms with Crippen LogP contribution < -0.4 is 4.52 Å². The Balaban J connectivity index is 2.69. The molecule has 0 saturated heterocycles. The van der Waals surface area contributed by atoms with Crippen LogP contribution in [0.4, 0.5) is 0 Å². The summed E-state index contributed by atoms with van der Waals surface area (Å²) in [6, 6.07) is 10.2. The van der Waals surface area contributed by atoms with E-state index in [4.69, 9.17) is 9.42 Å². The molecule has 0 aliphatic heterocycles. The first-order valence-corrected chi connectivity index (χ1v) is 8.54. The van der Waals surface area contributed by atoms with Gasteiger partial charge in [-0.2, -0.15) is 0 Å². The van der Waals surface area contributed by atoms with E-state index < -0.39 is 8.25 Å². The van der Waals surface area contributed by atoms with E-state index >= 15 is 0 Å². The molecule has 3 nitrogen and oxygen atoms in total. The molecule has 0 aromatic heterocycles. The number of benzene rings is 2. The molecular weight excluding hydrogens is 295 g/mol. The van der Waals surface area contributed by atoms with E-state index in [0.717, 1.165) is 16.3 Å². The van der Waals surface area contributed by atoms with Crippen LogP contribution >= 0.6 is 8.25 Å². The Labute approximate surface area is 133 Å². The van der Waals surface area contributed by atoms with Gasteiger partial charge >= 0.3 is 8.25 Å². The first kappa shape index (κ1) is 16.9. The molecule has 1 unspecified atom stereocenters. The maximum absolute atomic E-state index is 11.1. The number of fused-ring (bicyclic) bond motifs is 1. The van der Waals surface area contributed by atoms with Gasteiger partial charge in [0.25, 0.3) is 0 Å². The van der Waals surface area contributed by atoms with E-state index in [1.807, 2.05) is 12.1 Å². The highest BCUT2D eigenvalue weighted by molar-refractivity contribution is 7.32. The normalized spacial score (nSPS) is 13.3. The quantitative estimate of drug-likeness (QED) is 0.747. The topological polar surface area (TPSA) is 46.5 Å². The Morgan fingerprint density at radius 1 is 0.909 bits per heavy atom. The van der Waals surface area contributed by atoms with Crippen molar-refractivity contribution in [3.8, 4) is 5.75 Å². The van der Waals surface area contributed by atoms with Gasteiger partial charge in [0.2, 0.25) is 0 Å². The average Bonchev–Trinajstić information content (AvgIpc) is 2.34. The van der Waals surface area contributed by atoms with Crippen molar-refractivity contribution < 1.29 is 14.0 Å². The van der Waals surface area contributed by atoms with Crippen molar-refractivity contribution in [2.75, 3.05) is 0 Å². The van der Waals surface area contributed by atoms with E-state index in [1.54, 1.807) is 0 Å². The van der Waals surface area contributed by atoms with Crippen LogP contribution in [0.25, 0.3) is 10.8 Å². The molecule has 0 amide bonds. The maximum atomic E-state index is 11.1. The molecular formula is C18H24O3P+. The Morgan fingerprint density at radius 3 is 2.05 bits per heavy atom. The largest absolute Gasteiger partial charge is 0.747 e. The number of hydrogen-bond donors (Lipinski definition) is 1. The Morgan fingerprint density at radius 2 is 1.55 bits per heavy atom. The Bertz CT molecular complexity index is 721. The summed E-state index contributed by atoms with van der Waals surface area (Å²) in [7, 11) is -2.67. The summed E-state index contributed by atoms with van der Waals surface area (Å²) in [5, 5.41) is 2.13. The van der Waals surface area contributed by atoms with Crippen molar-refractivity contribution in [2.24, 2.45) is 0 Å². The summed E-state index contributed by atoms with van der Waals surface area (Å²) in [4.78, 5) is 9.11. The summed E-state index contributed by atoms with van der Waals surface area (Å²) in [6.45, 7) is 12.8. The number of hydrogen-bond acceptors (Lipinski definition) is 2. The lowest BCUT2D eigenvalue weighted by Crippen LogP contribution is -2.13. The highest BCUT2D eigenvalue weighted by atomic mass is 31.1. The molecule has 118 valence electrons. The zero-order chi connectivity index (χ0) is 16.7. The Hall–Kier alpha value is -1.44. The van der Waals surface area contributed by atoms with Crippen LogP contribution in [0.2, 0.25) is 0 Å². The summed E-state index contributed by atoms with van der Waals surface area (Å²) < 4.78 is 16.2. The van der Waals surface area contributed by atoms with Gasteiger partial charge in [-0.15, -0.1) is 4.89 Å². The second kappa shape index (κ2) is 5.64. The molecule has 22 heavy (non-hydrogen) atoms. The fourth-order valence-corrected chi connectivity index (χ4v) is 2.81. The van der Waals surface area contributed by atoms with Crippen LogP contribution in [0.5, 0.6) is 5.75 Å². The van der Waals surface area contributed by atoms with Crippen LogP contribution in [0.3, 0.4) is 0 Å². The number of rotatable bonds is 2. The monoisotopic (exact) mass is 319 g/mol. The Kier molecular flexibility index (Phi) is 4.34. The molecule has 1 atom stereocenters. The molecule has 0 spiro atoms. The van der Waals surface area contributed by atoms with Gasteiger partial charge in [0.1, 0.15) is 0 Å². The van der Waals surface area contributed by atoms with Gasteiger partial charge in [-0.05, 0) is 39.3 Å². The fourth-order valence-electron chi connectivity index (χ4n) is 2.49. The molecule has 0 aliphatic rings. The predicted octanol–water partition coefficient (Wildman–Crippen LogP) is 5.46. The average molecular weight is 319 g/mol. The van der Waals surface area contributed by atoms with Gasteiger partial charge in [-0.25, -0.2) is 4.52 Å². The highest BCUT2D eigenvalue weighted by Crippen LogP contribution is 2.39. The van der Waals surface area contributed by atoms with Crippen LogP contribution in [0, 0.1) is 0 Å². The molecule has 0 heterocycles. The minimum Gasteiger partial charge on any atom is -0.229 e. The van der Waals surface area contributed by atoms with Crippen molar-refractivity contribution in [2.45, 2.75) is 52.4 Å². The van der Waals surface area contributed by atoms with E-state index in [1.165, 1.54) is 5.56 Å². The second-order valence-electron chi connectivity index (χ2n) is 7.74. The molecule has 0 bridgehead atoms. The smallest absolute Gasteiger partial charge is 0.229 e. The van der Waals surface area contributed by atoms with Gasteiger partial charge in [-0.1, -0.05) is 59.7 Å². The molecule has 1 N–H and O–H groups in total. The lowest BCUT2D eigenvalue weighted by atomic mass is 9.83. The van der Waals surface area contributed by atoms with E-state index in [2.05, 4.69) is 59.7 Å². The van der Waals surface area contributed by atoms with Gasteiger partial charge < -0.3 is 0 Å². The van der Waals surface area contributed by atoms with Crippen LogP contribution in [0.1, 0.15) is 52.7 Å². The molecule has 0 fully saturated rings. The SMILES string of the molecule is CC(C)(C)c1ccc2cc(O[P+](=O)O)c(C(C)(C)C)cc2c1. The van der Waals surface area contributed by atoms with Crippen LogP contribution in [0.15, 0.2) is 30.3 Å². The first-order chi connectivity index (χ1) is 9.98. The molecule has 4 heteroatoms. The van der Waals surface area contributed by atoms with Gasteiger partial charge in [0.05, 0.1) is 0 Å². The lowest BCUT2D eigenvalue weighted by molar-refractivity contribution is 0.404. The summed E-state index contributed by atoms with van der Waals surface area (Å²) in [6.07, 6.45) is 0. The first-order valence-electron chi connectivity index (χ1n) is 7.41. The molecule has 2 rings (SSSR count). The third-order valence-corrected chi connectivity index (χ3v) is 4.14. The van der Waals surface area contributed by atoms with Crippen molar-refractivity contribution in [1.82, 2.24) is 0 Å². The molecule has 2 aromatic rings. The molecule has 0 saturated carbocycles. The van der Waals surface area contributed by atoms with Crippen LogP contribution in [-0.2, 0) is 15.4 Å². The zero-order valence-corrected chi connectivity index (χ0v) is 15.0. The second-order valence-corrected chi connectivity index (χ2v) is 8.40. The van der Waals surface area contributed by atoms with E-state index in [0.29, 0.717) is 5.75 Å². The molecule has 2 aromatic carbocycles. The maximum Gasteiger partial charge on any atom is 0.747 e. The van der Waals surface area contributed by atoms with Crippen molar-refractivity contribution in [3.05, 3.63) is 41.5 Å². The van der Waals surface area contributed by atoms with Gasteiger partial charge in [0.15, 0.2) is 5.75 Å². The minimum absolute atomic E-state index is 0.0830. The molecule has 0 aliphatic carbocycles. The van der Waals surface area contributed by atoms with Gasteiger partial charge in [-0.3, -0.25) is 0 Å². The van der Waals surface area contributed by atoms with Gasteiger partial charge in [0, 0.05) is 10.1 Å². The third kappa shape index (κ3) is 3.66. The van der Waals surface area contributed by atoms with E-state index in [-0.39, 0.29) is 10.8 Å². The van der Waals surface area contributed by atoms with Crippen molar-refractivity contribution in [1.29, 1.82) is 0 Å². The summed E-state index contributed by atoms with van der Waals surface area (Å²) >= 11 is 0. The minimum atomic E-state index is -2.67. The molecule has 0 radical (unpaired) electrons. The third-order valence-electron chi connectivity index (χ3n) is 3.79. The zero-order valence-electron chi connectivity index (χ0n) is 14.1. The van der Waals surface area contributed by atoms with Crippen molar-refractivity contribution >= 4 is 19.0 Å². The standard InChI is InChI=1S/C18H23O3P/c1-17(2,3)14-8-7-12-11-16(21-22(19)20)15(18(4,5)6)10-13(12)9-14/h7-11H,1-6H3/p+1. The van der Waals surface area contributed by atoms with E-state index in [9.17, 15) is 4.57 Å². The van der Waals surface area contributed by atoms with Crippen molar-refractivity contribution in [3.63, 3.8) is 0 Å². The lowest BCUT2D eigenvalue weighted by Gasteiger charge is -2.22. The fraction of sp³-hybridized carbons (Fsp3) is 0.444. The predicted molar refractivity (Wildman–Crippen MR) is 91.8 cm³/mol.